The van der Waals surface area contributed by atoms with Crippen molar-refractivity contribution >= 4 is 23.2 Å². The first-order valence-corrected chi connectivity index (χ1v) is 5.32. The van der Waals surface area contributed by atoms with Gasteiger partial charge in [0.15, 0.2) is 0 Å². The van der Waals surface area contributed by atoms with Crippen LogP contribution in [0.4, 0.5) is 0 Å². The summed E-state index contributed by atoms with van der Waals surface area (Å²) in [7, 11) is -0.131. The Kier molecular flexibility index (Phi) is 2.45. The zero-order valence-electron chi connectivity index (χ0n) is 7.95. The number of hydrogen-bond donors (Lipinski definition) is 0. The topological polar surface area (TPSA) is 18.5 Å². The average Bonchev–Trinajstić information content (AvgIpc) is 2.56. The summed E-state index contributed by atoms with van der Waals surface area (Å²) in [5.74, 6) is 0. The Morgan fingerprint density at radius 3 is 2.62 bits per heavy atom. The summed E-state index contributed by atoms with van der Waals surface area (Å²) >= 11 is 1.68. The normalized spacial score (nSPS) is 21.8. The molecule has 0 bridgehead atoms. The van der Waals surface area contributed by atoms with Gasteiger partial charge < -0.3 is 9.31 Å². The highest BCUT2D eigenvalue weighted by atomic mass is 32.1. The molecule has 0 unspecified atom stereocenters. The smallest absolute Gasteiger partial charge is 0.406 e. The van der Waals surface area contributed by atoms with Gasteiger partial charge in [0.05, 0.1) is 0 Å². The third-order valence-corrected chi connectivity index (χ3v) is 2.92. The van der Waals surface area contributed by atoms with Gasteiger partial charge in [0.2, 0.25) is 0 Å². The van der Waals surface area contributed by atoms with Gasteiger partial charge >= 0.3 is 7.12 Å². The summed E-state index contributed by atoms with van der Waals surface area (Å²) in [6, 6.07) is 4.07. The zero-order chi connectivity index (χ0) is 9.31. The van der Waals surface area contributed by atoms with E-state index in [-0.39, 0.29) is 12.5 Å². The third kappa shape index (κ3) is 2.13. The first-order chi connectivity index (χ1) is 6.17. The molecule has 0 spiro atoms. The van der Waals surface area contributed by atoms with Gasteiger partial charge in [0, 0.05) is 23.4 Å². The van der Waals surface area contributed by atoms with E-state index in [0.717, 1.165) is 18.0 Å². The second-order valence-electron chi connectivity index (χ2n) is 4.13. The van der Waals surface area contributed by atoms with Crippen LogP contribution in [-0.2, 0) is 9.31 Å². The van der Waals surface area contributed by atoms with E-state index in [1.807, 2.05) is 17.5 Å². The lowest BCUT2D eigenvalue weighted by molar-refractivity contribution is 0.0346. The van der Waals surface area contributed by atoms with Crippen LogP contribution in [0.2, 0.25) is 0 Å². The molecule has 1 fully saturated rings. The van der Waals surface area contributed by atoms with Crippen LogP contribution in [0.15, 0.2) is 17.5 Å². The molecule has 1 aromatic rings. The van der Waals surface area contributed by atoms with Crippen LogP contribution in [0, 0.1) is 5.41 Å². The van der Waals surface area contributed by atoms with Crippen molar-refractivity contribution in [2.45, 2.75) is 13.8 Å². The Labute approximate surface area is 83.0 Å². The molecule has 0 aromatic carbocycles. The van der Waals surface area contributed by atoms with Crippen molar-refractivity contribution in [3.05, 3.63) is 17.5 Å². The Balaban J connectivity index is 1.99. The van der Waals surface area contributed by atoms with Gasteiger partial charge in [0.1, 0.15) is 0 Å². The lowest BCUT2D eigenvalue weighted by atomic mass is 9.82. The highest BCUT2D eigenvalue weighted by Gasteiger charge is 2.33. The molecule has 0 N–H and O–H groups in total. The minimum atomic E-state index is -0.131. The van der Waals surface area contributed by atoms with Crippen LogP contribution < -0.4 is 4.78 Å². The van der Waals surface area contributed by atoms with Crippen molar-refractivity contribution in [2.24, 2.45) is 5.41 Å². The molecule has 4 heteroatoms. The maximum atomic E-state index is 5.63. The largest absolute Gasteiger partial charge is 0.504 e. The summed E-state index contributed by atoms with van der Waals surface area (Å²) in [6.07, 6.45) is 0. The van der Waals surface area contributed by atoms with E-state index in [2.05, 4.69) is 13.8 Å². The molecule has 0 aliphatic carbocycles. The van der Waals surface area contributed by atoms with Crippen molar-refractivity contribution in [3.63, 3.8) is 0 Å². The quantitative estimate of drug-likeness (QED) is 0.634. The van der Waals surface area contributed by atoms with Crippen LogP contribution in [0.3, 0.4) is 0 Å². The first kappa shape index (κ1) is 9.25. The van der Waals surface area contributed by atoms with E-state index in [9.17, 15) is 0 Å². The predicted molar refractivity (Wildman–Crippen MR) is 55.4 cm³/mol. The minimum Gasteiger partial charge on any atom is -0.406 e. The number of hydrogen-bond acceptors (Lipinski definition) is 3. The fourth-order valence-electron chi connectivity index (χ4n) is 1.28. The van der Waals surface area contributed by atoms with Gasteiger partial charge in [-0.05, 0) is 5.38 Å². The monoisotopic (exact) mass is 196 g/mol. The molecule has 0 saturated carbocycles. The molecular weight excluding hydrogens is 183 g/mol. The van der Waals surface area contributed by atoms with Crippen molar-refractivity contribution in [1.29, 1.82) is 0 Å². The highest BCUT2D eigenvalue weighted by Crippen LogP contribution is 2.21. The molecule has 1 aromatic heterocycles. The molecule has 0 atom stereocenters. The van der Waals surface area contributed by atoms with E-state index >= 15 is 0 Å². The highest BCUT2D eigenvalue weighted by molar-refractivity contribution is 7.20. The fraction of sp³-hybridized carbons (Fsp3) is 0.556. The molecule has 2 rings (SSSR count). The van der Waals surface area contributed by atoms with Crippen LogP contribution in [0.25, 0.3) is 0 Å². The van der Waals surface area contributed by atoms with Gasteiger partial charge in [0.25, 0.3) is 0 Å². The van der Waals surface area contributed by atoms with Gasteiger partial charge in [-0.25, -0.2) is 0 Å². The molecule has 13 heavy (non-hydrogen) atoms. The summed E-state index contributed by atoms with van der Waals surface area (Å²) in [5, 5.41) is 2.04. The van der Waals surface area contributed by atoms with E-state index < -0.39 is 0 Å². The maximum absolute atomic E-state index is 5.63. The van der Waals surface area contributed by atoms with E-state index in [1.54, 1.807) is 11.3 Å². The second kappa shape index (κ2) is 3.44. The van der Waals surface area contributed by atoms with E-state index in [1.165, 1.54) is 0 Å². The van der Waals surface area contributed by atoms with Crippen molar-refractivity contribution in [1.82, 2.24) is 0 Å². The summed E-state index contributed by atoms with van der Waals surface area (Å²) in [6.45, 7) is 5.85. The first-order valence-electron chi connectivity index (χ1n) is 4.44. The second-order valence-corrected chi connectivity index (χ2v) is 5.11. The number of rotatable bonds is 1. The van der Waals surface area contributed by atoms with Crippen LogP contribution in [-0.4, -0.2) is 20.3 Å². The molecular formula is C9H13BO2S. The molecule has 70 valence electrons. The molecule has 2 nitrogen and oxygen atoms in total. The summed E-state index contributed by atoms with van der Waals surface area (Å²) in [4.78, 5) is 0. The SMILES string of the molecule is CC1(C)COB(c2cccs2)OC1. The van der Waals surface area contributed by atoms with Crippen LogP contribution in [0.1, 0.15) is 13.8 Å². The zero-order valence-corrected chi connectivity index (χ0v) is 8.76. The Hall–Kier alpha value is -0.315. The van der Waals surface area contributed by atoms with Crippen LogP contribution >= 0.6 is 11.3 Å². The molecule has 2 heterocycles. The Morgan fingerprint density at radius 2 is 2.08 bits per heavy atom. The Morgan fingerprint density at radius 1 is 1.38 bits per heavy atom. The lowest BCUT2D eigenvalue weighted by Gasteiger charge is -2.32. The van der Waals surface area contributed by atoms with E-state index in [0.29, 0.717) is 0 Å². The summed E-state index contributed by atoms with van der Waals surface area (Å²) in [5.41, 5.74) is 0.160. The van der Waals surface area contributed by atoms with E-state index in [4.69, 9.17) is 9.31 Å². The maximum Gasteiger partial charge on any atom is 0.504 e. The van der Waals surface area contributed by atoms with Gasteiger partial charge in [-0.1, -0.05) is 26.0 Å². The average molecular weight is 196 g/mol. The van der Waals surface area contributed by atoms with Crippen molar-refractivity contribution in [2.75, 3.05) is 13.2 Å². The minimum absolute atomic E-state index is 0.131. The third-order valence-electron chi connectivity index (χ3n) is 2.03. The lowest BCUT2D eigenvalue weighted by Crippen LogP contribution is -2.46. The predicted octanol–water partition coefficient (Wildman–Crippen LogP) is 1.52. The van der Waals surface area contributed by atoms with Gasteiger partial charge in [-0.15, -0.1) is 0 Å². The van der Waals surface area contributed by atoms with Crippen molar-refractivity contribution in [3.8, 4) is 0 Å². The molecule has 0 amide bonds. The molecule has 1 aliphatic rings. The number of thiophene rings is 1. The van der Waals surface area contributed by atoms with Gasteiger partial charge in [-0.2, -0.15) is 11.3 Å². The fourth-order valence-corrected chi connectivity index (χ4v) is 2.00. The molecule has 1 aliphatic heterocycles. The molecule has 1 saturated heterocycles. The summed E-state index contributed by atoms with van der Waals surface area (Å²) < 4.78 is 12.4. The van der Waals surface area contributed by atoms with Crippen molar-refractivity contribution < 1.29 is 9.31 Å². The molecule has 0 radical (unpaired) electrons. The van der Waals surface area contributed by atoms with Crippen LogP contribution in [0.5, 0.6) is 0 Å². The Bertz CT molecular complexity index is 261. The standard InChI is InChI=1S/C9H13BO2S/c1-9(2)6-11-10(12-7-9)8-4-3-5-13-8/h3-5H,6-7H2,1-2H3. The van der Waals surface area contributed by atoms with Gasteiger partial charge in [-0.3, -0.25) is 0 Å².